The number of halogens is 1. The number of thiocarbonyl (C=S) groups is 1. The number of anilines is 1. The van der Waals surface area contributed by atoms with Crippen LogP contribution in [0.2, 0.25) is 0 Å². The first kappa shape index (κ1) is 27.9. The van der Waals surface area contributed by atoms with E-state index in [4.69, 9.17) is 5.73 Å². The Morgan fingerprint density at radius 1 is 1.00 bits per heavy atom. The summed E-state index contributed by atoms with van der Waals surface area (Å²) in [5.41, 5.74) is 17.6. The van der Waals surface area contributed by atoms with Crippen molar-refractivity contribution in [3.8, 4) is 11.3 Å². The van der Waals surface area contributed by atoms with Gasteiger partial charge in [0.05, 0.1) is 11.0 Å². The van der Waals surface area contributed by atoms with Crippen LogP contribution in [-0.2, 0) is 0 Å². The largest absolute Gasteiger partial charge is 0.377 e. The molecule has 0 spiro atoms. The summed E-state index contributed by atoms with van der Waals surface area (Å²) in [6.07, 6.45) is 0. The molecule has 1 aromatic heterocycles. The van der Waals surface area contributed by atoms with Crippen molar-refractivity contribution in [3.05, 3.63) is 71.6 Å². The van der Waals surface area contributed by atoms with Gasteiger partial charge in [-0.2, -0.15) is 0 Å². The van der Waals surface area contributed by atoms with Gasteiger partial charge in [0, 0.05) is 16.5 Å². The van der Waals surface area contributed by atoms with Crippen molar-refractivity contribution in [1.29, 1.82) is 0 Å². The number of carbonyl (C=O) groups is 1. The van der Waals surface area contributed by atoms with Crippen LogP contribution in [-0.4, -0.2) is 21.2 Å². The second kappa shape index (κ2) is 15.7. The van der Waals surface area contributed by atoms with Crippen LogP contribution in [0.3, 0.4) is 0 Å². The Labute approximate surface area is 185 Å². The van der Waals surface area contributed by atoms with Gasteiger partial charge in [-0.25, -0.2) is 4.98 Å². The maximum atomic E-state index is 11.0. The van der Waals surface area contributed by atoms with E-state index in [2.05, 4.69) is 44.6 Å². The Morgan fingerprint density at radius 3 is 1.86 bits per heavy atom. The molecule has 3 rings (SSSR count). The van der Waals surface area contributed by atoms with Gasteiger partial charge in [-0.1, -0.05) is 91.4 Å². The molecule has 5 nitrogen and oxygen atoms in total. The number of nitrogen functional groups attached to an aromatic ring is 1. The van der Waals surface area contributed by atoms with Gasteiger partial charge >= 0.3 is 0 Å². The van der Waals surface area contributed by atoms with Crippen molar-refractivity contribution >= 4 is 55.5 Å². The van der Waals surface area contributed by atoms with Crippen molar-refractivity contribution in [2.24, 2.45) is 11.5 Å². The van der Waals surface area contributed by atoms with E-state index in [9.17, 15) is 4.79 Å². The number of hydrogen-bond donors (Lipinski definition) is 3. The van der Waals surface area contributed by atoms with Crippen LogP contribution < -0.4 is 17.2 Å². The van der Waals surface area contributed by atoms with Gasteiger partial charge in [0.25, 0.3) is 0 Å². The van der Waals surface area contributed by atoms with Gasteiger partial charge in [0.1, 0.15) is 0 Å². The second-order valence-corrected chi connectivity index (χ2v) is 6.68. The molecule has 0 unspecified atom stereocenters. The normalized spacial score (nSPS) is 8.46. The zero-order valence-corrected chi connectivity index (χ0v) is 17.1. The SMILES string of the molecule is C.C.NC(N)=S.Nc1nc(-c2ccccc2)cs1.O=C(CBr)c1ccccc1. The highest BCUT2D eigenvalue weighted by Gasteiger charge is 2.00. The van der Waals surface area contributed by atoms with E-state index in [1.807, 2.05) is 66.0 Å². The molecule has 0 aliphatic heterocycles. The number of hydrogen-bond acceptors (Lipinski definition) is 5. The minimum Gasteiger partial charge on any atom is -0.377 e. The maximum Gasteiger partial charge on any atom is 0.180 e. The fraction of sp³-hybridized carbons (Fsp3) is 0.150. The maximum absolute atomic E-state index is 11.0. The van der Waals surface area contributed by atoms with Crippen LogP contribution in [0.4, 0.5) is 5.13 Å². The summed E-state index contributed by atoms with van der Waals surface area (Å²) in [7, 11) is 0. The molecule has 28 heavy (non-hydrogen) atoms. The Kier molecular flexibility index (Phi) is 15.7. The van der Waals surface area contributed by atoms with Crippen LogP contribution in [0.1, 0.15) is 25.2 Å². The molecule has 0 aliphatic rings. The number of carbonyl (C=O) groups excluding carboxylic acids is 1. The van der Waals surface area contributed by atoms with Gasteiger partial charge < -0.3 is 17.2 Å². The summed E-state index contributed by atoms with van der Waals surface area (Å²) in [5.74, 6) is 0.126. The van der Waals surface area contributed by atoms with E-state index in [0.717, 1.165) is 16.8 Å². The lowest BCUT2D eigenvalue weighted by Gasteiger charge is -1.92. The molecule has 0 saturated carbocycles. The minimum atomic E-state index is 0. The smallest absolute Gasteiger partial charge is 0.180 e. The summed E-state index contributed by atoms with van der Waals surface area (Å²) in [4.78, 5) is 15.1. The third-order valence-corrected chi connectivity index (χ3v) is 3.99. The van der Waals surface area contributed by atoms with Crippen molar-refractivity contribution in [3.63, 3.8) is 0 Å². The average Bonchev–Trinajstić information content (AvgIpc) is 3.09. The quantitative estimate of drug-likeness (QED) is 0.271. The summed E-state index contributed by atoms with van der Waals surface area (Å²) in [6.45, 7) is 0. The Hall–Kier alpha value is -2.29. The van der Waals surface area contributed by atoms with E-state index in [-0.39, 0.29) is 25.7 Å². The van der Waals surface area contributed by atoms with Crippen molar-refractivity contribution in [1.82, 2.24) is 4.98 Å². The average molecular weight is 484 g/mol. The number of ketones is 1. The van der Waals surface area contributed by atoms with Crippen LogP contribution in [0.5, 0.6) is 0 Å². The first-order chi connectivity index (χ1) is 12.4. The molecule has 8 heteroatoms. The van der Waals surface area contributed by atoms with Crippen LogP contribution >= 0.6 is 39.5 Å². The van der Waals surface area contributed by atoms with E-state index >= 15 is 0 Å². The number of alkyl halides is 1. The highest BCUT2D eigenvalue weighted by molar-refractivity contribution is 9.09. The van der Waals surface area contributed by atoms with E-state index in [1.165, 1.54) is 11.3 Å². The summed E-state index contributed by atoms with van der Waals surface area (Å²) < 4.78 is 0. The van der Waals surface area contributed by atoms with Crippen LogP contribution in [0, 0.1) is 0 Å². The molecule has 1 heterocycles. The molecule has 0 fully saturated rings. The van der Waals surface area contributed by atoms with Gasteiger partial charge in [-0.15, -0.1) is 11.3 Å². The summed E-state index contributed by atoms with van der Waals surface area (Å²) in [5, 5.41) is 2.98. The van der Waals surface area contributed by atoms with Crippen LogP contribution in [0.25, 0.3) is 11.3 Å². The number of Topliss-reactive ketones (excluding diaryl/α,β-unsaturated/α-hetero) is 1. The van der Waals surface area contributed by atoms with Crippen molar-refractivity contribution in [2.75, 3.05) is 11.1 Å². The monoisotopic (exact) mass is 482 g/mol. The van der Waals surface area contributed by atoms with E-state index < -0.39 is 0 Å². The highest BCUT2D eigenvalue weighted by atomic mass is 79.9. The number of rotatable bonds is 3. The number of nitrogens with two attached hydrogens (primary N) is 3. The molecule has 152 valence electrons. The molecule has 0 bridgehead atoms. The highest BCUT2D eigenvalue weighted by Crippen LogP contribution is 2.22. The van der Waals surface area contributed by atoms with Gasteiger partial charge in [-0.05, 0) is 12.2 Å². The first-order valence-electron chi connectivity index (χ1n) is 7.39. The summed E-state index contributed by atoms with van der Waals surface area (Å²) in [6, 6.07) is 19.2. The topological polar surface area (TPSA) is 108 Å². The zero-order valence-electron chi connectivity index (χ0n) is 13.8. The van der Waals surface area contributed by atoms with Gasteiger partial charge in [0.15, 0.2) is 16.0 Å². The molecule has 0 amide bonds. The zero-order chi connectivity index (χ0) is 19.4. The van der Waals surface area contributed by atoms with E-state index in [1.54, 1.807) is 0 Å². The number of nitrogens with zero attached hydrogens (tertiary/aromatic N) is 1. The van der Waals surface area contributed by atoms with Crippen molar-refractivity contribution in [2.45, 2.75) is 14.9 Å². The molecular formula is C20H27BrN4OS2. The lowest BCUT2D eigenvalue weighted by atomic mass is 10.2. The molecule has 0 radical (unpaired) electrons. The molecule has 3 aromatic rings. The fourth-order valence-corrected chi connectivity index (χ4v) is 2.63. The van der Waals surface area contributed by atoms with Gasteiger partial charge in [-0.3, -0.25) is 4.79 Å². The Balaban J connectivity index is 0. The Bertz CT molecular complexity index is 807. The third kappa shape index (κ3) is 11.4. The molecule has 2 aromatic carbocycles. The summed E-state index contributed by atoms with van der Waals surface area (Å²) >= 11 is 8.66. The molecule has 0 atom stereocenters. The third-order valence-electron chi connectivity index (χ3n) is 2.81. The number of aromatic nitrogens is 1. The Morgan fingerprint density at radius 2 is 1.46 bits per heavy atom. The van der Waals surface area contributed by atoms with Gasteiger partial charge in [0.2, 0.25) is 0 Å². The predicted molar refractivity (Wildman–Crippen MR) is 131 cm³/mol. The molecule has 0 saturated heterocycles. The number of benzene rings is 2. The second-order valence-electron chi connectivity index (χ2n) is 4.76. The molecule has 6 N–H and O–H groups in total. The standard InChI is InChI=1S/C9H8N2S.C8H7BrO.CH4N2S.2CH4/c10-9-11-8(6-12-9)7-4-2-1-3-5-7;9-6-8(10)7-4-2-1-3-5-7;2-1(3)4;;/h1-6H,(H2,10,11);1-5H,6H2;(H4,2,3,4);2*1H4. The number of thiazole rings is 1. The lowest BCUT2D eigenvalue weighted by molar-refractivity contribution is 0.102. The fourth-order valence-electron chi connectivity index (χ4n) is 1.73. The van der Waals surface area contributed by atoms with E-state index in [0.29, 0.717) is 10.5 Å². The molecule has 0 aliphatic carbocycles. The van der Waals surface area contributed by atoms with Crippen molar-refractivity contribution < 1.29 is 4.79 Å². The first-order valence-corrected chi connectivity index (χ1v) is 9.80. The van der Waals surface area contributed by atoms with Crippen LogP contribution in [0.15, 0.2) is 66.0 Å². The lowest BCUT2D eigenvalue weighted by Crippen LogP contribution is -2.18. The minimum absolute atomic E-state index is 0. The molecular weight excluding hydrogens is 456 g/mol. The predicted octanol–water partition coefficient (Wildman–Crippen LogP) is 5.12.